The van der Waals surface area contributed by atoms with E-state index in [1.807, 2.05) is 71.3 Å². The summed E-state index contributed by atoms with van der Waals surface area (Å²) < 4.78 is 2.56. The van der Waals surface area contributed by atoms with E-state index in [9.17, 15) is 4.79 Å². The summed E-state index contributed by atoms with van der Waals surface area (Å²) in [7, 11) is 0. The van der Waals surface area contributed by atoms with Gasteiger partial charge in [0.05, 0.1) is 16.3 Å². The maximum Gasteiger partial charge on any atom is 0.271 e. The Labute approximate surface area is 229 Å². The van der Waals surface area contributed by atoms with E-state index >= 15 is 0 Å². The lowest BCUT2D eigenvalue weighted by molar-refractivity contribution is 0.553. The summed E-state index contributed by atoms with van der Waals surface area (Å²) in [5.74, 6) is 0. The van der Waals surface area contributed by atoms with Gasteiger partial charge in [0.2, 0.25) is 0 Å². The molecule has 3 aromatic carbocycles. The summed E-state index contributed by atoms with van der Waals surface area (Å²) in [5.41, 5.74) is 7.70. The fourth-order valence-corrected chi connectivity index (χ4v) is 6.33. The van der Waals surface area contributed by atoms with Gasteiger partial charge in [-0.15, -0.1) is 0 Å². The Morgan fingerprint density at radius 3 is 2.19 bits per heavy atom. The molecule has 0 fully saturated rings. The van der Waals surface area contributed by atoms with Gasteiger partial charge in [0.15, 0.2) is 4.80 Å². The van der Waals surface area contributed by atoms with E-state index in [1.54, 1.807) is 0 Å². The van der Waals surface area contributed by atoms with Crippen molar-refractivity contribution in [2.24, 2.45) is 4.99 Å². The number of halogens is 2. The van der Waals surface area contributed by atoms with Gasteiger partial charge in [-0.3, -0.25) is 9.36 Å². The Balaban J connectivity index is 1.57. The van der Waals surface area contributed by atoms with Crippen molar-refractivity contribution in [3.63, 3.8) is 0 Å². The largest absolute Gasteiger partial charge is 0.272 e. The average Bonchev–Trinajstić information content (AvgIpc) is 3.21. The molecular formula is C31H24Cl2N2OS. The molecule has 6 heteroatoms. The monoisotopic (exact) mass is 542 g/mol. The molecule has 4 aromatic rings. The number of aromatic nitrogens is 1. The maximum absolute atomic E-state index is 13.8. The topological polar surface area (TPSA) is 34.4 Å². The molecule has 0 saturated carbocycles. The van der Waals surface area contributed by atoms with E-state index in [0.717, 1.165) is 51.5 Å². The van der Waals surface area contributed by atoms with E-state index < -0.39 is 0 Å². The van der Waals surface area contributed by atoms with Crippen molar-refractivity contribution in [2.75, 3.05) is 0 Å². The minimum atomic E-state index is -0.211. The molecule has 0 saturated heterocycles. The van der Waals surface area contributed by atoms with E-state index in [0.29, 0.717) is 9.55 Å². The molecule has 0 bridgehead atoms. The fourth-order valence-electron chi connectivity index (χ4n) is 5.08. The van der Waals surface area contributed by atoms with Crippen LogP contribution in [0.5, 0.6) is 0 Å². The van der Waals surface area contributed by atoms with E-state index in [-0.39, 0.29) is 11.6 Å². The number of thiazole rings is 1. The molecule has 184 valence electrons. The highest BCUT2D eigenvalue weighted by Crippen LogP contribution is 2.41. The zero-order valence-corrected chi connectivity index (χ0v) is 22.6. The molecule has 3 nitrogen and oxygen atoms in total. The van der Waals surface area contributed by atoms with E-state index in [1.165, 1.54) is 28.0 Å². The van der Waals surface area contributed by atoms with Gasteiger partial charge in [0.1, 0.15) is 0 Å². The molecule has 6 rings (SSSR count). The third kappa shape index (κ3) is 4.77. The smallest absolute Gasteiger partial charge is 0.271 e. The molecular weight excluding hydrogens is 519 g/mol. The lowest BCUT2D eigenvalue weighted by Crippen LogP contribution is -2.39. The van der Waals surface area contributed by atoms with Crippen molar-refractivity contribution in [1.82, 2.24) is 4.57 Å². The van der Waals surface area contributed by atoms with Crippen LogP contribution < -0.4 is 14.9 Å². The minimum Gasteiger partial charge on any atom is -0.272 e. The Kier molecular flexibility index (Phi) is 6.49. The predicted octanol–water partition coefficient (Wildman–Crippen LogP) is 7.10. The molecule has 0 spiro atoms. The van der Waals surface area contributed by atoms with Gasteiger partial charge >= 0.3 is 0 Å². The highest BCUT2D eigenvalue weighted by molar-refractivity contribution is 7.07. The molecule has 0 radical (unpaired) electrons. The van der Waals surface area contributed by atoms with Crippen molar-refractivity contribution in [1.29, 1.82) is 0 Å². The number of aryl methyl sites for hydroxylation is 1. The first-order valence-electron chi connectivity index (χ1n) is 12.3. The summed E-state index contributed by atoms with van der Waals surface area (Å²) in [6.07, 6.45) is 7.01. The van der Waals surface area contributed by atoms with Crippen LogP contribution in [-0.2, 0) is 0 Å². The van der Waals surface area contributed by atoms with Gasteiger partial charge in [-0.1, -0.05) is 88.6 Å². The molecule has 1 aliphatic heterocycles. The van der Waals surface area contributed by atoms with Gasteiger partial charge in [0.25, 0.3) is 5.56 Å². The summed E-state index contributed by atoms with van der Waals surface area (Å²) in [5, 5.41) is 1.40. The van der Waals surface area contributed by atoms with Crippen molar-refractivity contribution in [2.45, 2.75) is 32.2 Å². The number of hydrogen-bond acceptors (Lipinski definition) is 3. The molecule has 0 N–H and O–H groups in total. The number of benzene rings is 3. The van der Waals surface area contributed by atoms with Crippen LogP contribution in [0.2, 0.25) is 10.0 Å². The zero-order valence-electron chi connectivity index (χ0n) is 20.2. The molecule has 1 aliphatic carbocycles. The Hall–Kier alpha value is -3.18. The molecule has 1 atom stereocenters. The normalized spacial score (nSPS) is 18.5. The lowest BCUT2D eigenvalue weighted by atomic mass is 9.84. The first-order chi connectivity index (χ1) is 18.0. The predicted molar refractivity (Wildman–Crippen MR) is 154 cm³/mol. The van der Waals surface area contributed by atoms with Gasteiger partial charge in [-0.25, -0.2) is 4.99 Å². The highest BCUT2D eigenvalue weighted by Gasteiger charge is 2.32. The van der Waals surface area contributed by atoms with E-state index in [2.05, 4.69) is 25.1 Å². The number of allylic oxidation sites excluding steroid dienone is 2. The highest BCUT2D eigenvalue weighted by atomic mass is 35.5. The Morgan fingerprint density at radius 2 is 1.49 bits per heavy atom. The van der Waals surface area contributed by atoms with Crippen molar-refractivity contribution < 1.29 is 0 Å². The first kappa shape index (κ1) is 24.2. The van der Waals surface area contributed by atoms with Gasteiger partial charge in [0, 0.05) is 10.0 Å². The molecule has 0 amide bonds. The maximum atomic E-state index is 13.8. The number of rotatable bonds is 3. The molecule has 2 heterocycles. The third-order valence-electron chi connectivity index (χ3n) is 6.90. The second-order valence-electron chi connectivity index (χ2n) is 9.49. The standard InChI is InChI=1S/C31H24Cl2N2OS/c1-19-5-7-21(8-6-19)18-27-30(36)35-29(22-11-15-25(33)16-12-22)26-4-2-3-23(28(26)34-31(35)37-27)17-20-9-13-24(32)14-10-20/h5-18,29H,2-4H2,1H3/b23-17-,27-18-/t29-/m1/s1. The SMILES string of the molecule is Cc1ccc(/C=c2\sc3n(c2=O)[C@H](c2ccc(Cl)cc2)C2=C(N=3)/C(=C\c3ccc(Cl)cc3)CCC2)cc1. The summed E-state index contributed by atoms with van der Waals surface area (Å²) >= 11 is 13.8. The van der Waals surface area contributed by atoms with Gasteiger partial charge in [-0.05, 0) is 90.4 Å². The number of fused-ring (bicyclic) bond motifs is 1. The van der Waals surface area contributed by atoms with Crippen molar-refractivity contribution in [3.05, 3.63) is 142 Å². The van der Waals surface area contributed by atoms with Crippen LogP contribution in [0.25, 0.3) is 12.2 Å². The van der Waals surface area contributed by atoms with Crippen LogP contribution in [0, 0.1) is 6.92 Å². The lowest BCUT2D eigenvalue weighted by Gasteiger charge is -2.31. The summed E-state index contributed by atoms with van der Waals surface area (Å²) in [6, 6.07) is 23.7. The Bertz CT molecular complexity index is 1730. The second kappa shape index (κ2) is 9.94. The zero-order chi connectivity index (χ0) is 25.5. The number of hydrogen-bond donors (Lipinski definition) is 0. The van der Waals surface area contributed by atoms with Crippen molar-refractivity contribution >= 4 is 46.7 Å². The molecule has 2 aliphatic rings. The van der Waals surface area contributed by atoms with Crippen LogP contribution >= 0.6 is 34.5 Å². The quantitative estimate of drug-likeness (QED) is 0.272. The van der Waals surface area contributed by atoms with Crippen LogP contribution in [0.4, 0.5) is 0 Å². The Morgan fingerprint density at radius 1 is 0.865 bits per heavy atom. The molecule has 0 unspecified atom stereocenters. The second-order valence-corrected chi connectivity index (χ2v) is 11.4. The fraction of sp³-hybridized carbons (Fsp3) is 0.161. The first-order valence-corrected chi connectivity index (χ1v) is 13.9. The number of nitrogens with zero attached hydrogens (tertiary/aromatic N) is 2. The summed E-state index contributed by atoms with van der Waals surface area (Å²) in [6.45, 7) is 2.06. The van der Waals surface area contributed by atoms with Crippen LogP contribution in [0.15, 0.2) is 99.4 Å². The minimum absolute atomic E-state index is 0.00960. The van der Waals surface area contributed by atoms with Crippen LogP contribution in [0.3, 0.4) is 0 Å². The van der Waals surface area contributed by atoms with Crippen molar-refractivity contribution in [3.8, 4) is 0 Å². The molecule has 1 aromatic heterocycles. The van der Waals surface area contributed by atoms with Gasteiger partial charge < -0.3 is 0 Å². The van der Waals surface area contributed by atoms with E-state index in [4.69, 9.17) is 28.2 Å². The van der Waals surface area contributed by atoms with Crippen LogP contribution in [0.1, 0.15) is 47.6 Å². The van der Waals surface area contributed by atoms with Crippen LogP contribution in [-0.4, -0.2) is 4.57 Å². The third-order valence-corrected chi connectivity index (χ3v) is 8.39. The summed E-state index contributed by atoms with van der Waals surface area (Å²) in [4.78, 5) is 19.7. The molecule has 37 heavy (non-hydrogen) atoms. The van der Waals surface area contributed by atoms with Gasteiger partial charge in [-0.2, -0.15) is 0 Å². The average molecular weight is 544 g/mol.